The van der Waals surface area contributed by atoms with Crippen LogP contribution >= 0.6 is 11.6 Å². The Morgan fingerprint density at radius 2 is 2.18 bits per heavy atom. The van der Waals surface area contributed by atoms with Crippen LogP contribution in [-0.2, 0) is 22.4 Å². The van der Waals surface area contributed by atoms with E-state index in [1.807, 2.05) is 24.4 Å². The van der Waals surface area contributed by atoms with E-state index in [-0.39, 0.29) is 5.91 Å². The molecule has 2 heterocycles. The SMILES string of the molecule is COc1ccc2c(CCNC(=O)C3Cc4cc(Cl)ccc4C(=O)O3)c[nH]c2c1. The minimum absolute atomic E-state index is 0.305. The summed E-state index contributed by atoms with van der Waals surface area (Å²) in [5.41, 5.74) is 3.27. The number of rotatable bonds is 5. The Kier molecular flexibility index (Phi) is 4.96. The zero-order valence-corrected chi connectivity index (χ0v) is 16.0. The lowest BCUT2D eigenvalue weighted by atomic mass is 9.98. The smallest absolute Gasteiger partial charge is 0.339 e. The second-order valence-electron chi connectivity index (χ2n) is 6.67. The summed E-state index contributed by atoms with van der Waals surface area (Å²) in [4.78, 5) is 27.8. The highest BCUT2D eigenvalue weighted by atomic mass is 35.5. The summed E-state index contributed by atoms with van der Waals surface area (Å²) in [5.74, 6) is -0.0159. The van der Waals surface area contributed by atoms with E-state index in [1.54, 1.807) is 25.3 Å². The first-order valence-corrected chi connectivity index (χ1v) is 9.34. The molecule has 1 unspecified atom stereocenters. The molecule has 0 radical (unpaired) electrons. The molecule has 6 nitrogen and oxygen atoms in total. The van der Waals surface area contributed by atoms with Crippen molar-refractivity contribution in [1.82, 2.24) is 10.3 Å². The third-order valence-electron chi connectivity index (χ3n) is 4.90. The van der Waals surface area contributed by atoms with Gasteiger partial charge in [-0.2, -0.15) is 0 Å². The van der Waals surface area contributed by atoms with Crippen molar-refractivity contribution in [2.24, 2.45) is 0 Å². The quantitative estimate of drug-likeness (QED) is 0.646. The predicted molar refractivity (Wildman–Crippen MR) is 106 cm³/mol. The third-order valence-corrected chi connectivity index (χ3v) is 5.14. The molecular formula is C21H19ClN2O4. The molecule has 0 saturated heterocycles. The molecule has 144 valence electrons. The number of hydrogen-bond donors (Lipinski definition) is 2. The van der Waals surface area contributed by atoms with Crippen molar-refractivity contribution in [3.63, 3.8) is 0 Å². The number of esters is 1. The molecule has 1 aliphatic rings. The Morgan fingerprint density at radius 1 is 1.32 bits per heavy atom. The van der Waals surface area contributed by atoms with Crippen molar-refractivity contribution < 1.29 is 19.1 Å². The van der Waals surface area contributed by atoms with Crippen molar-refractivity contribution in [3.8, 4) is 5.75 Å². The van der Waals surface area contributed by atoms with Gasteiger partial charge in [-0.1, -0.05) is 11.6 Å². The largest absolute Gasteiger partial charge is 0.497 e. The Morgan fingerprint density at radius 3 is 3.00 bits per heavy atom. The van der Waals surface area contributed by atoms with E-state index in [2.05, 4.69) is 10.3 Å². The number of aromatic nitrogens is 1. The second kappa shape index (κ2) is 7.56. The van der Waals surface area contributed by atoms with Crippen LogP contribution < -0.4 is 10.1 Å². The minimum Gasteiger partial charge on any atom is -0.497 e. The topological polar surface area (TPSA) is 80.4 Å². The van der Waals surface area contributed by atoms with Gasteiger partial charge >= 0.3 is 5.97 Å². The maximum atomic E-state index is 12.5. The molecule has 0 saturated carbocycles. The van der Waals surface area contributed by atoms with E-state index in [1.165, 1.54) is 0 Å². The van der Waals surface area contributed by atoms with E-state index in [4.69, 9.17) is 21.1 Å². The van der Waals surface area contributed by atoms with E-state index in [0.717, 1.165) is 27.8 Å². The fourth-order valence-corrected chi connectivity index (χ4v) is 3.64. The molecule has 3 aromatic rings. The molecule has 7 heteroatoms. The third kappa shape index (κ3) is 3.55. The van der Waals surface area contributed by atoms with Crippen LogP contribution in [0.2, 0.25) is 5.02 Å². The normalized spacial score (nSPS) is 15.8. The summed E-state index contributed by atoms with van der Waals surface area (Å²) < 4.78 is 10.5. The van der Waals surface area contributed by atoms with Crippen LogP contribution in [-0.4, -0.2) is 36.6 Å². The van der Waals surface area contributed by atoms with Crippen LogP contribution in [0.25, 0.3) is 10.9 Å². The van der Waals surface area contributed by atoms with Gasteiger partial charge < -0.3 is 19.8 Å². The molecule has 2 N–H and O–H groups in total. The number of aromatic amines is 1. The molecule has 1 atom stereocenters. The standard InChI is InChI=1S/C21H19ClN2O4/c1-27-15-3-5-16-12(11-24-18(16)10-15)6-7-23-20(25)19-9-13-8-14(22)2-4-17(13)21(26)28-19/h2-5,8,10-11,19,24H,6-7,9H2,1H3,(H,23,25). The lowest BCUT2D eigenvalue weighted by molar-refractivity contribution is -0.130. The highest BCUT2D eigenvalue weighted by Crippen LogP contribution is 2.25. The van der Waals surface area contributed by atoms with E-state index >= 15 is 0 Å². The summed E-state index contributed by atoms with van der Waals surface area (Å²) in [6, 6.07) is 10.8. The molecule has 0 fully saturated rings. The number of halogens is 1. The molecule has 1 aromatic heterocycles. The average Bonchev–Trinajstić information content (AvgIpc) is 3.09. The Labute approximate surface area is 166 Å². The maximum Gasteiger partial charge on any atom is 0.339 e. The molecule has 4 rings (SSSR count). The number of carbonyl (C=O) groups is 2. The van der Waals surface area contributed by atoms with Gasteiger partial charge in [0, 0.05) is 41.2 Å². The molecular weight excluding hydrogens is 380 g/mol. The van der Waals surface area contributed by atoms with Gasteiger partial charge in [0.25, 0.3) is 5.91 Å². The van der Waals surface area contributed by atoms with Crippen LogP contribution in [0.1, 0.15) is 21.5 Å². The van der Waals surface area contributed by atoms with Crippen LogP contribution in [0, 0.1) is 0 Å². The van der Waals surface area contributed by atoms with Crippen LogP contribution in [0.15, 0.2) is 42.6 Å². The Bertz CT molecular complexity index is 1060. The second-order valence-corrected chi connectivity index (χ2v) is 7.10. The lowest BCUT2D eigenvalue weighted by Crippen LogP contribution is -2.42. The number of methoxy groups -OCH3 is 1. The fourth-order valence-electron chi connectivity index (χ4n) is 3.44. The lowest BCUT2D eigenvalue weighted by Gasteiger charge is -2.24. The average molecular weight is 399 g/mol. The Balaban J connectivity index is 1.38. The van der Waals surface area contributed by atoms with Crippen molar-refractivity contribution in [2.45, 2.75) is 18.9 Å². The first-order chi connectivity index (χ1) is 13.5. The van der Waals surface area contributed by atoms with Crippen LogP contribution in [0.3, 0.4) is 0 Å². The number of benzene rings is 2. The molecule has 0 aliphatic carbocycles. The van der Waals surface area contributed by atoms with Gasteiger partial charge in [-0.3, -0.25) is 4.79 Å². The highest BCUT2D eigenvalue weighted by molar-refractivity contribution is 6.30. The van der Waals surface area contributed by atoms with Crippen LogP contribution in [0.4, 0.5) is 0 Å². The fraction of sp³-hybridized carbons (Fsp3) is 0.238. The number of H-pyrrole nitrogens is 1. The van der Waals surface area contributed by atoms with Crippen molar-refractivity contribution in [1.29, 1.82) is 0 Å². The molecule has 2 aromatic carbocycles. The minimum atomic E-state index is -0.842. The molecule has 1 amide bonds. The van der Waals surface area contributed by atoms with Gasteiger partial charge in [0.2, 0.25) is 0 Å². The van der Waals surface area contributed by atoms with Gasteiger partial charge in [-0.05, 0) is 47.9 Å². The first-order valence-electron chi connectivity index (χ1n) is 8.96. The first kappa shape index (κ1) is 18.4. The zero-order chi connectivity index (χ0) is 19.7. The van der Waals surface area contributed by atoms with Crippen LogP contribution in [0.5, 0.6) is 5.75 Å². The van der Waals surface area contributed by atoms with Crippen molar-refractivity contribution >= 4 is 34.4 Å². The molecule has 28 heavy (non-hydrogen) atoms. The van der Waals surface area contributed by atoms with E-state index in [0.29, 0.717) is 30.0 Å². The van der Waals surface area contributed by atoms with Gasteiger partial charge in [0.15, 0.2) is 6.10 Å². The highest BCUT2D eigenvalue weighted by Gasteiger charge is 2.31. The monoisotopic (exact) mass is 398 g/mol. The van der Waals surface area contributed by atoms with Crippen molar-refractivity contribution in [2.75, 3.05) is 13.7 Å². The number of carbonyl (C=O) groups excluding carboxylic acids is 2. The predicted octanol–water partition coefficient (Wildman–Crippen LogP) is 3.27. The molecule has 0 bridgehead atoms. The zero-order valence-electron chi connectivity index (χ0n) is 15.3. The number of hydrogen-bond acceptors (Lipinski definition) is 4. The maximum absolute atomic E-state index is 12.5. The van der Waals surface area contributed by atoms with Gasteiger partial charge in [-0.25, -0.2) is 4.79 Å². The number of ether oxygens (including phenoxy) is 2. The number of fused-ring (bicyclic) bond motifs is 2. The number of cyclic esters (lactones) is 1. The Hall–Kier alpha value is -2.99. The van der Waals surface area contributed by atoms with E-state index in [9.17, 15) is 9.59 Å². The van der Waals surface area contributed by atoms with E-state index < -0.39 is 12.1 Å². The number of amides is 1. The van der Waals surface area contributed by atoms with Gasteiger partial charge in [-0.15, -0.1) is 0 Å². The summed E-state index contributed by atoms with van der Waals surface area (Å²) in [6.07, 6.45) is 2.06. The van der Waals surface area contributed by atoms with Gasteiger partial charge in [0.05, 0.1) is 12.7 Å². The number of nitrogens with one attached hydrogen (secondary N) is 2. The van der Waals surface area contributed by atoms with Crippen molar-refractivity contribution in [3.05, 3.63) is 64.3 Å². The van der Waals surface area contributed by atoms with Gasteiger partial charge in [0.1, 0.15) is 5.75 Å². The molecule has 0 spiro atoms. The summed E-state index contributed by atoms with van der Waals surface area (Å²) in [6.45, 7) is 0.439. The summed E-state index contributed by atoms with van der Waals surface area (Å²) in [7, 11) is 1.63. The molecule has 1 aliphatic heterocycles. The summed E-state index contributed by atoms with van der Waals surface area (Å²) >= 11 is 6.00. The summed E-state index contributed by atoms with van der Waals surface area (Å²) in [5, 5.41) is 4.47.